The number of rotatable bonds is 5. The van der Waals surface area contributed by atoms with Crippen LogP contribution in [0.4, 0.5) is 0 Å². The van der Waals surface area contributed by atoms with Gasteiger partial charge in [0.15, 0.2) is 0 Å². The van der Waals surface area contributed by atoms with Crippen LogP contribution in [0.5, 0.6) is 0 Å². The van der Waals surface area contributed by atoms with Crippen molar-refractivity contribution in [2.45, 2.75) is 40.0 Å². The van der Waals surface area contributed by atoms with Gasteiger partial charge in [0.2, 0.25) is 0 Å². The normalized spacial score (nSPS) is 11.1. The third-order valence-electron chi connectivity index (χ3n) is 2.35. The molecule has 0 aliphatic heterocycles. The monoisotopic (exact) mass is 204 g/mol. The summed E-state index contributed by atoms with van der Waals surface area (Å²) in [6.07, 6.45) is 7.54. The first kappa shape index (κ1) is 11.8. The lowest BCUT2D eigenvalue weighted by molar-refractivity contribution is 0.798. The summed E-state index contributed by atoms with van der Waals surface area (Å²) in [6, 6.07) is 2.07. The molecule has 0 radical (unpaired) electrons. The Morgan fingerprint density at radius 3 is 2.80 bits per heavy atom. The largest absolute Gasteiger partial charge is 0.245 e. The van der Waals surface area contributed by atoms with Gasteiger partial charge in [-0.15, -0.1) is 0 Å². The van der Waals surface area contributed by atoms with Gasteiger partial charge in [0.05, 0.1) is 5.69 Å². The predicted octanol–water partition coefficient (Wildman–Crippen LogP) is 3.72. The number of hydrogen-bond donors (Lipinski definition) is 0. The van der Waals surface area contributed by atoms with E-state index in [0.29, 0.717) is 0 Å². The van der Waals surface area contributed by atoms with Crippen molar-refractivity contribution in [2.75, 3.05) is 0 Å². The molecule has 0 aliphatic carbocycles. The molecule has 1 heterocycles. The standard InChI is InChI=1S/C13H20N2/c1-5-6-7-11(2)8-9-15-13(4)10-12(3)14-15/h8-10H,2,5-7H2,1,3-4H3/b9-8+. The number of hydrogen-bond acceptors (Lipinski definition) is 1. The van der Waals surface area contributed by atoms with Crippen LogP contribution in [0.1, 0.15) is 37.6 Å². The zero-order valence-corrected chi connectivity index (χ0v) is 9.95. The zero-order chi connectivity index (χ0) is 11.3. The van der Waals surface area contributed by atoms with Crippen molar-refractivity contribution in [3.63, 3.8) is 0 Å². The van der Waals surface area contributed by atoms with Crippen molar-refractivity contribution < 1.29 is 0 Å². The smallest absolute Gasteiger partial charge is 0.0600 e. The summed E-state index contributed by atoms with van der Waals surface area (Å²) in [5, 5.41) is 4.35. The molecule has 0 saturated heterocycles. The van der Waals surface area contributed by atoms with Gasteiger partial charge in [-0.05, 0) is 38.8 Å². The zero-order valence-electron chi connectivity index (χ0n) is 9.95. The fourth-order valence-electron chi connectivity index (χ4n) is 1.46. The van der Waals surface area contributed by atoms with Crippen molar-refractivity contribution in [3.8, 4) is 0 Å². The summed E-state index contributed by atoms with van der Waals surface area (Å²) in [4.78, 5) is 0. The molecule has 82 valence electrons. The van der Waals surface area contributed by atoms with Gasteiger partial charge in [0.25, 0.3) is 0 Å². The summed E-state index contributed by atoms with van der Waals surface area (Å²) >= 11 is 0. The van der Waals surface area contributed by atoms with E-state index in [2.05, 4.69) is 37.7 Å². The second kappa shape index (κ2) is 5.54. The van der Waals surface area contributed by atoms with Gasteiger partial charge >= 0.3 is 0 Å². The molecule has 0 aliphatic rings. The summed E-state index contributed by atoms with van der Waals surface area (Å²) in [5.41, 5.74) is 3.38. The minimum absolute atomic E-state index is 1.05. The first-order valence-corrected chi connectivity index (χ1v) is 5.52. The van der Waals surface area contributed by atoms with Gasteiger partial charge < -0.3 is 0 Å². The van der Waals surface area contributed by atoms with E-state index in [1.165, 1.54) is 18.4 Å². The van der Waals surface area contributed by atoms with Crippen molar-refractivity contribution in [1.29, 1.82) is 0 Å². The Kier molecular flexibility index (Phi) is 4.35. The molecule has 0 spiro atoms. The number of allylic oxidation sites excluding steroid dienone is 2. The first-order chi connectivity index (χ1) is 7.13. The lowest BCUT2D eigenvalue weighted by atomic mass is 10.1. The molecule has 1 aromatic heterocycles. The predicted molar refractivity (Wildman–Crippen MR) is 65.7 cm³/mol. The SMILES string of the molecule is C=C(/C=C/n1nc(C)cc1C)CCCC. The third-order valence-corrected chi connectivity index (χ3v) is 2.35. The van der Waals surface area contributed by atoms with Crippen molar-refractivity contribution >= 4 is 6.20 Å². The minimum atomic E-state index is 1.05. The maximum atomic E-state index is 4.35. The van der Waals surface area contributed by atoms with E-state index >= 15 is 0 Å². The van der Waals surface area contributed by atoms with E-state index < -0.39 is 0 Å². The van der Waals surface area contributed by atoms with Gasteiger partial charge in [-0.1, -0.05) is 25.5 Å². The highest BCUT2D eigenvalue weighted by Gasteiger charge is 1.96. The summed E-state index contributed by atoms with van der Waals surface area (Å²) in [7, 11) is 0. The third kappa shape index (κ3) is 3.74. The van der Waals surface area contributed by atoms with Crippen LogP contribution in [-0.2, 0) is 0 Å². The van der Waals surface area contributed by atoms with Gasteiger partial charge in [0.1, 0.15) is 0 Å². The fraction of sp³-hybridized carbons (Fsp3) is 0.462. The van der Waals surface area contributed by atoms with E-state index in [-0.39, 0.29) is 0 Å². The highest BCUT2D eigenvalue weighted by Crippen LogP contribution is 2.08. The Labute approximate surface area is 92.3 Å². The average molecular weight is 204 g/mol. The molecule has 0 atom stereocenters. The number of unbranched alkanes of at least 4 members (excludes halogenated alkanes) is 1. The molecular weight excluding hydrogens is 184 g/mol. The van der Waals surface area contributed by atoms with Gasteiger partial charge in [-0.25, -0.2) is 4.68 Å². The Bertz CT molecular complexity index is 359. The van der Waals surface area contributed by atoms with E-state index in [1.54, 1.807) is 0 Å². The molecule has 0 amide bonds. The van der Waals surface area contributed by atoms with Crippen LogP contribution in [-0.4, -0.2) is 9.78 Å². The van der Waals surface area contributed by atoms with Crippen LogP contribution in [0.2, 0.25) is 0 Å². The Hall–Kier alpha value is -1.31. The lowest BCUT2D eigenvalue weighted by Crippen LogP contribution is -1.91. The van der Waals surface area contributed by atoms with Crippen molar-refractivity contribution in [2.24, 2.45) is 0 Å². The van der Waals surface area contributed by atoms with Crippen LogP contribution in [0, 0.1) is 13.8 Å². The molecule has 0 saturated carbocycles. The van der Waals surface area contributed by atoms with Gasteiger partial charge in [0, 0.05) is 11.9 Å². The number of aryl methyl sites for hydroxylation is 2. The molecule has 0 aromatic carbocycles. The van der Waals surface area contributed by atoms with Crippen LogP contribution in [0.25, 0.3) is 6.20 Å². The highest BCUT2D eigenvalue weighted by atomic mass is 15.3. The molecular formula is C13H20N2. The number of nitrogens with zero attached hydrogens (tertiary/aromatic N) is 2. The molecule has 2 nitrogen and oxygen atoms in total. The minimum Gasteiger partial charge on any atom is -0.245 e. The second-order valence-corrected chi connectivity index (χ2v) is 3.95. The second-order valence-electron chi connectivity index (χ2n) is 3.95. The Balaban J connectivity index is 2.57. The maximum absolute atomic E-state index is 4.35. The molecule has 1 aromatic rings. The lowest BCUT2D eigenvalue weighted by Gasteiger charge is -1.98. The maximum Gasteiger partial charge on any atom is 0.0600 e. The molecule has 2 heteroatoms. The highest BCUT2D eigenvalue weighted by molar-refractivity contribution is 5.33. The van der Waals surface area contributed by atoms with E-state index in [9.17, 15) is 0 Å². The average Bonchev–Trinajstić information content (AvgIpc) is 2.51. The van der Waals surface area contributed by atoms with Crippen LogP contribution >= 0.6 is 0 Å². The quantitative estimate of drug-likeness (QED) is 0.668. The van der Waals surface area contributed by atoms with Crippen LogP contribution < -0.4 is 0 Å². The van der Waals surface area contributed by atoms with E-state index in [0.717, 1.165) is 17.8 Å². The van der Waals surface area contributed by atoms with Gasteiger partial charge in [-0.3, -0.25) is 0 Å². The molecule has 15 heavy (non-hydrogen) atoms. The molecule has 0 bridgehead atoms. The van der Waals surface area contributed by atoms with Crippen LogP contribution in [0.15, 0.2) is 24.3 Å². The molecule has 0 N–H and O–H groups in total. The first-order valence-electron chi connectivity index (χ1n) is 5.52. The Morgan fingerprint density at radius 2 is 2.27 bits per heavy atom. The summed E-state index contributed by atoms with van der Waals surface area (Å²) in [5.74, 6) is 0. The molecule has 1 rings (SSSR count). The summed E-state index contributed by atoms with van der Waals surface area (Å²) < 4.78 is 1.90. The molecule has 0 fully saturated rings. The van der Waals surface area contributed by atoms with E-state index in [4.69, 9.17) is 0 Å². The van der Waals surface area contributed by atoms with Crippen molar-refractivity contribution in [3.05, 3.63) is 35.7 Å². The molecule has 0 unspecified atom stereocenters. The van der Waals surface area contributed by atoms with Crippen LogP contribution in [0.3, 0.4) is 0 Å². The van der Waals surface area contributed by atoms with Gasteiger partial charge in [-0.2, -0.15) is 5.10 Å². The Morgan fingerprint density at radius 1 is 1.53 bits per heavy atom. The fourth-order valence-corrected chi connectivity index (χ4v) is 1.46. The summed E-state index contributed by atoms with van der Waals surface area (Å²) in [6.45, 7) is 10.3. The number of aromatic nitrogens is 2. The topological polar surface area (TPSA) is 17.8 Å². The van der Waals surface area contributed by atoms with E-state index in [1.807, 2.05) is 17.8 Å². The van der Waals surface area contributed by atoms with Crippen molar-refractivity contribution in [1.82, 2.24) is 9.78 Å².